The van der Waals surface area contributed by atoms with Crippen LogP contribution in [0.3, 0.4) is 0 Å². The zero-order valence-corrected chi connectivity index (χ0v) is 11.2. The fourth-order valence-corrected chi connectivity index (χ4v) is 2.36. The van der Waals surface area contributed by atoms with E-state index in [4.69, 9.17) is 10.3 Å². The van der Waals surface area contributed by atoms with E-state index >= 15 is 0 Å². The van der Waals surface area contributed by atoms with Gasteiger partial charge in [0.2, 0.25) is 5.91 Å². The third-order valence-corrected chi connectivity index (χ3v) is 3.25. The van der Waals surface area contributed by atoms with Gasteiger partial charge in [-0.05, 0) is 16.7 Å². The molecular weight excluding hydrogens is 266 g/mol. The Morgan fingerprint density at radius 1 is 1.05 bits per heavy atom. The minimum absolute atomic E-state index is 0.132. The van der Waals surface area contributed by atoms with Crippen molar-refractivity contribution in [1.82, 2.24) is 10.4 Å². The lowest BCUT2D eigenvalue weighted by molar-refractivity contribution is -0.117. The van der Waals surface area contributed by atoms with Crippen LogP contribution in [-0.4, -0.2) is 16.3 Å². The predicted molar refractivity (Wildman–Crippen MR) is 78.1 cm³/mol. The molecule has 5 heteroatoms. The second-order valence-corrected chi connectivity index (χ2v) is 4.63. The minimum atomic E-state index is -0.393. The molecule has 0 spiro atoms. The number of aromatic nitrogens is 2. The van der Waals surface area contributed by atoms with E-state index in [2.05, 4.69) is 10.4 Å². The van der Waals surface area contributed by atoms with Crippen molar-refractivity contribution in [2.75, 3.05) is 0 Å². The number of carbonyl (C=O) groups is 1. The molecule has 0 unspecified atom stereocenters. The minimum Gasteiger partial charge on any atom is -0.369 e. The van der Waals surface area contributed by atoms with Gasteiger partial charge in [-0.2, -0.15) is 0 Å². The van der Waals surface area contributed by atoms with Gasteiger partial charge in [-0.1, -0.05) is 48.5 Å². The third-order valence-electron chi connectivity index (χ3n) is 3.25. The molecule has 0 aliphatic heterocycles. The number of primary amides is 1. The average molecular weight is 279 g/mol. The van der Waals surface area contributed by atoms with Crippen LogP contribution in [0.2, 0.25) is 0 Å². The highest BCUT2D eigenvalue weighted by atomic mass is 16.5. The average Bonchev–Trinajstić information content (AvgIpc) is 3.02. The van der Waals surface area contributed by atoms with Crippen LogP contribution in [0.15, 0.2) is 59.3 Å². The van der Waals surface area contributed by atoms with E-state index in [0.717, 1.165) is 22.3 Å². The number of nitrogens with zero attached hydrogens (tertiary/aromatic N) is 2. The Hall–Kier alpha value is -2.95. The van der Waals surface area contributed by atoms with E-state index < -0.39 is 5.91 Å². The number of amides is 1. The maximum Gasteiger partial charge on any atom is 0.221 e. The molecule has 1 amide bonds. The maximum atomic E-state index is 11.4. The Morgan fingerprint density at radius 2 is 1.81 bits per heavy atom. The Bertz CT molecular complexity index is 752. The van der Waals surface area contributed by atoms with E-state index in [1.165, 1.54) is 6.26 Å². The summed E-state index contributed by atoms with van der Waals surface area (Å²) in [6.07, 6.45) is 1.59. The van der Waals surface area contributed by atoms with Crippen molar-refractivity contribution >= 4 is 5.91 Å². The summed E-state index contributed by atoms with van der Waals surface area (Å²) in [5.74, 6) is -0.393. The molecular formula is C16H13N3O2. The van der Waals surface area contributed by atoms with Gasteiger partial charge in [0, 0.05) is 10.8 Å². The van der Waals surface area contributed by atoms with Crippen LogP contribution in [0.4, 0.5) is 0 Å². The topological polar surface area (TPSA) is 82.0 Å². The Kier molecular flexibility index (Phi) is 3.47. The predicted octanol–water partition coefficient (Wildman–Crippen LogP) is 2.43. The first-order valence-corrected chi connectivity index (χ1v) is 6.49. The van der Waals surface area contributed by atoms with Gasteiger partial charge in [0.15, 0.2) is 6.26 Å². The first-order valence-electron chi connectivity index (χ1n) is 6.49. The van der Waals surface area contributed by atoms with Crippen molar-refractivity contribution in [2.24, 2.45) is 5.73 Å². The number of carbonyl (C=O) groups excluding carboxylic acids is 1. The van der Waals surface area contributed by atoms with E-state index in [0.29, 0.717) is 5.69 Å². The van der Waals surface area contributed by atoms with Gasteiger partial charge in [0.25, 0.3) is 0 Å². The summed E-state index contributed by atoms with van der Waals surface area (Å²) in [5.41, 5.74) is 9.58. The molecule has 0 atom stereocenters. The SMILES string of the molecule is NC(=O)Cc1c(-c2ccccc2)cccc1-c1conn1. The molecule has 0 saturated heterocycles. The van der Waals surface area contributed by atoms with Crippen LogP contribution in [0.1, 0.15) is 5.56 Å². The molecule has 0 aliphatic carbocycles. The van der Waals surface area contributed by atoms with Crippen molar-refractivity contribution in [3.05, 3.63) is 60.4 Å². The quantitative estimate of drug-likeness (QED) is 0.795. The first kappa shape index (κ1) is 13.1. The molecule has 5 nitrogen and oxygen atoms in total. The summed E-state index contributed by atoms with van der Waals surface area (Å²) in [6, 6.07) is 15.6. The Balaban J connectivity index is 2.20. The summed E-state index contributed by atoms with van der Waals surface area (Å²) in [6.45, 7) is 0. The molecule has 21 heavy (non-hydrogen) atoms. The highest BCUT2D eigenvalue weighted by Gasteiger charge is 2.15. The largest absolute Gasteiger partial charge is 0.369 e. The summed E-state index contributed by atoms with van der Waals surface area (Å²) in [5, 5.41) is 7.40. The highest BCUT2D eigenvalue weighted by Crippen LogP contribution is 2.31. The summed E-state index contributed by atoms with van der Waals surface area (Å²) >= 11 is 0. The molecule has 3 aromatic rings. The zero-order valence-electron chi connectivity index (χ0n) is 11.2. The molecule has 0 bridgehead atoms. The lowest BCUT2D eigenvalue weighted by Gasteiger charge is -2.12. The van der Waals surface area contributed by atoms with Crippen molar-refractivity contribution in [1.29, 1.82) is 0 Å². The van der Waals surface area contributed by atoms with Gasteiger partial charge in [-0.3, -0.25) is 4.79 Å². The van der Waals surface area contributed by atoms with Gasteiger partial charge in [0.1, 0.15) is 5.69 Å². The molecule has 104 valence electrons. The fraction of sp³-hybridized carbons (Fsp3) is 0.0625. The summed E-state index contributed by atoms with van der Waals surface area (Å²) in [7, 11) is 0. The van der Waals surface area contributed by atoms with Gasteiger partial charge in [-0.25, -0.2) is 0 Å². The van der Waals surface area contributed by atoms with Gasteiger partial charge >= 0.3 is 0 Å². The second-order valence-electron chi connectivity index (χ2n) is 4.63. The molecule has 0 fully saturated rings. The second kappa shape index (κ2) is 5.58. The van der Waals surface area contributed by atoms with Crippen molar-refractivity contribution in [3.63, 3.8) is 0 Å². The molecule has 1 heterocycles. The smallest absolute Gasteiger partial charge is 0.221 e. The third kappa shape index (κ3) is 2.67. The molecule has 1 aromatic heterocycles. The normalized spacial score (nSPS) is 10.5. The number of hydrogen-bond donors (Lipinski definition) is 1. The van der Waals surface area contributed by atoms with Gasteiger partial charge < -0.3 is 10.3 Å². The summed E-state index contributed by atoms with van der Waals surface area (Å²) in [4.78, 5) is 11.4. The van der Waals surface area contributed by atoms with Crippen LogP contribution in [-0.2, 0) is 11.2 Å². The lowest BCUT2D eigenvalue weighted by atomic mass is 9.92. The van der Waals surface area contributed by atoms with Crippen LogP contribution < -0.4 is 5.73 Å². The molecule has 0 aliphatic rings. The van der Waals surface area contributed by atoms with Crippen LogP contribution >= 0.6 is 0 Å². The molecule has 2 aromatic carbocycles. The number of hydrogen-bond acceptors (Lipinski definition) is 4. The number of benzene rings is 2. The molecule has 3 rings (SSSR count). The maximum absolute atomic E-state index is 11.4. The van der Waals surface area contributed by atoms with E-state index in [1.807, 2.05) is 48.5 Å². The molecule has 0 radical (unpaired) electrons. The first-order chi connectivity index (χ1) is 10.3. The van der Waals surface area contributed by atoms with Gasteiger partial charge in [0.05, 0.1) is 6.42 Å². The van der Waals surface area contributed by atoms with Crippen LogP contribution in [0.5, 0.6) is 0 Å². The van der Waals surface area contributed by atoms with Gasteiger partial charge in [-0.15, -0.1) is 5.10 Å². The number of rotatable bonds is 4. The Labute approximate surface area is 121 Å². The monoisotopic (exact) mass is 279 g/mol. The fourth-order valence-electron chi connectivity index (χ4n) is 2.36. The summed E-state index contributed by atoms with van der Waals surface area (Å²) < 4.78 is 4.80. The molecule has 0 saturated carbocycles. The molecule has 2 N–H and O–H groups in total. The number of nitrogens with two attached hydrogens (primary N) is 1. The van der Waals surface area contributed by atoms with E-state index in [9.17, 15) is 4.79 Å². The standard InChI is InChI=1S/C16H13N3O2/c17-16(20)9-14-12(11-5-2-1-3-6-11)7-4-8-13(14)15-10-21-19-18-15/h1-8,10H,9H2,(H2,17,20). The van der Waals surface area contributed by atoms with E-state index in [1.54, 1.807) is 0 Å². The van der Waals surface area contributed by atoms with Crippen LogP contribution in [0.25, 0.3) is 22.4 Å². The highest BCUT2D eigenvalue weighted by molar-refractivity contribution is 5.85. The zero-order chi connectivity index (χ0) is 14.7. The van der Waals surface area contributed by atoms with Crippen molar-refractivity contribution in [2.45, 2.75) is 6.42 Å². The lowest BCUT2D eigenvalue weighted by Crippen LogP contribution is -2.15. The van der Waals surface area contributed by atoms with E-state index in [-0.39, 0.29) is 6.42 Å². The van der Waals surface area contributed by atoms with Crippen molar-refractivity contribution in [3.8, 4) is 22.4 Å². The van der Waals surface area contributed by atoms with Crippen molar-refractivity contribution < 1.29 is 9.32 Å². The Morgan fingerprint density at radius 3 is 2.48 bits per heavy atom. The van der Waals surface area contributed by atoms with Crippen LogP contribution in [0, 0.1) is 0 Å².